The number of carbonyl (C=O) groups excluding carboxylic acids is 2. The van der Waals surface area contributed by atoms with Crippen LogP contribution >= 0.6 is 11.3 Å². The van der Waals surface area contributed by atoms with Crippen LogP contribution in [0.3, 0.4) is 0 Å². The third kappa shape index (κ3) is 3.81. The number of ether oxygens (including phenoxy) is 1. The first kappa shape index (κ1) is 18.1. The van der Waals surface area contributed by atoms with E-state index in [4.69, 9.17) is 4.74 Å². The molecule has 0 aliphatic heterocycles. The summed E-state index contributed by atoms with van der Waals surface area (Å²) in [6.45, 7) is 5.75. The van der Waals surface area contributed by atoms with Crippen molar-refractivity contribution in [1.82, 2.24) is 15.2 Å². The Morgan fingerprint density at radius 2 is 2.04 bits per heavy atom. The molecule has 130 valence electrons. The highest BCUT2D eigenvalue weighted by Crippen LogP contribution is 2.22. The van der Waals surface area contributed by atoms with Crippen molar-refractivity contribution in [2.45, 2.75) is 46.5 Å². The third-order valence-electron chi connectivity index (χ3n) is 3.73. The maximum atomic E-state index is 12.5. The minimum Gasteiger partial charge on any atom is -0.465 e. The van der Waals surface area contributed by atoms with Gasteiger partial charge in [-0.05, 0) is 25.3 Å². The minimum atomic E-state index is -0.447. The number of unbranched alkanes of at least 4 members (excludes halogenated alkanes) is 1. The molecule has 2 N–H and O–H groups in total. The Morgan fingerprint density at radius 1 is 1.29 bits per heavy atom. The van der Waals surface area contributed by atoms with Crippen LogP contribution in [0.15, 0.2) is 0 Å². The van der Waals surface area contributed by atoms with Gasteiger partial charge in [-0.2, -0.15) is 0 Å². The summed E-state index contributed by atoms with van der Waals surface area (Å²) in [5.74, 6) is -0.784. The van der Waals surface area contributed by atoms with Crippen molar-refractivity contribution in [2.24, 2.45) is 0 Å². The number of H-pyrrole nitrogens is 1. The summed E-state index contributed by atoms with van der Waals surface area (Å²) in [4.78, 5) is 27.4. The normalized spacial score (nSPS) is 10.7. The topological polar surface area (TPSA) is 97.0 Å². The van der Waals surface area contributed by atoms with Gasteiger partial charge in [0.25, 0.3) is 5.91 Å². The number of aromatic amines is 1. The van der Waals surface area contributed by atoms with Gasteiger partial charge in [0.2, 0.25) is 5.13 Å². The fourth-order valence-corrected chi connectivity index (χ4v) is 3.20. The molecule has 0 spiro atoms. The predicted molar refractivity (Wildman–Crippen MR) is 92.7 cm³/mol. The number of amides is 1. The number of aryl methyl sites for hydroxylation is 2. The highest BCUT2D eigenvalue weighted by atomic mass is 32.1. The summed E-state index contributed by atoms with van der Waals surface area (Å²) >= 11 is 1.37. The Morgan fingerprint density at radius 3 is 2.67 bits per heavy atom. The lowest BCUT2D eigenvalue weighted by molar-refractivity contribution is 0.0599. The van der Waals surface area contributed by atoms with E-state index in [1.54, 1.807) is 6.92 Å². The summed E-state index contributed by atoms with van der Waals surface area (Å²) in [5, 5.41) is 12.2. The molecule has 0 saturated heterocycles. The van der Waals surface area contributed by atoms with Crippen LogP contribution in [0.1, 0.15) is 63.8 Å². The zero-order chi connectivity index (χ0) is 17.7. The lowest BCUT2D eigenvalue weighted by Gasteiger charge is -2.01. The highest BCUT2D eigenvalue weighted by Gasteiger charge is 2.24. The van der Waals surface area contributed by atoms with Crippen molar-refractivity contribution in [2.75, 3.05) is 12.4 Å². The summed E-state index contributed by atoms with van der Waals surface area (Å²) in [6.07, 6.45) is 3.58. The summed E-state index contributed by atoms with van der Waals surface area (Å²) in [5.41, 5.74) is 2.03. The Kier molecular flexibility index (Phi) is 6.08. The number of carbonyl (C=O) groups is 2. The molecule has 0 bridgehead atoms. The molecule has 0 aliphatic rings. The van der Waals surface area contributed by atoms with E-state index in [1.165, 1.54) is 18.4 Å². The molecule has 0 saturated carbocycles. The molecule has 2 heterocycles. The largest absolute Gasteiger partial charge is 0.465 e. The summed E-state index contributed by atoms with van der Waals surface area (Å²) in [7, 11) is 1.33. The predicted octanol–water partition coefficient (Wildman–Crippen LogP) is 3.12. The summed E-state index contributed by atoms with van der Waals surface area (Å²) in [6, 6.07) is 0. The van der Waals surface area contributed by atoms with E-state index >= 15 is 0 Å². The van der Waals surface area contributed by atoms with Crippen molar-refractivity contribution < 1.29 is 14.3 Å². The zero-order valence-electron chi connectivity index (χ0n) is 14.4. The van der Waals surface area contributed by atoms with E-state index in [1.807, 2.05) is 6.92 Å². The van der Waals surface area contributed by atoms with Gasteiger partial charge in [-0.15, -0.1) is 10.2 Å². The Bertz CT molecular complexity index is 736. The van der Waals surface area contributed by atoms with Crippen LogP contribution in [0, 0.1) is 6.92 Å². The van der Waals surface area contributed by atoms with Gasteiger partial charge in [0, 0.05) is 12.1 Å². The van der Waals surface area contributed by atoms with Crippen LogP contribution in [-0.2, 0) is 17.6 Å². The number of rotatable bonds is 7. The van der Waals surface area contributed by atoms with Crippen molar-refractivity contribution in [3.05, 3.63) is 27.5 Å². The van der Waals surface area contributed by atoms with Gasteiger partial charge >= 0.3 is 5.97 Å². The first-order valence-electron chi connectivity index (χ1n) is 7.95. The first-order chi connectivity index (χ1) is 11.5. The fraction of sp³-hybridized carbons (Fsp3) is 0.500. The van der Waals surface area contributed by atoms with Gasteiger partial charge in [0.1, 0.15) is 10.7 Å². The van der Waals surface area contributed by atoms with Gasteiger partial charge in [-0.1, -0.05) is 31.6 Å². The van der Waals surface area contributed by atoms with Gasteiger partial charge < -0.3 is 9.72 Å². The molecule has 7 nitrogen and oxygen atoms in total. The van der Waals surface area contributed by atoms with Crippen LogP contribution in [-0.4, -0.2) is 34.2 Å². The number of nitrogens with one attached hydrogen (secondary N) is 2. The molecule has 8 heteroatoms. The average molecular weight is 350 g/mol. The molecular weight excluding hydrogens is 328 g/mol. The molecule has 24 heavy (non-hydrogen) atoms. The maximum absolute atomic E-state index is 12.5. The minimum absolute atomic E-state index is 0.337. The van der Waals surface area contributed by atoms with E-state index in [2.05, 4.69) is 27.4 Å². The molecule has 0 aliphatic carbocycles. The number of nitrogens with zero attached hydrogens (tertiary/aromatic N) is 2. The van der Waals surface area contributed by atoms with Gasteiger partial charge in [-0.25, -0.2) is 4.79 Å². The van der Waals surface area contributed by atoms with Crippen molar-refractivity contribution >= 4 is 28.3 Å². The molecule has 0 unspecified atom stereocenters. The number of anilines is 1. The Balaban J connectivity index is 2.19. The molecule has 2 rings (SSSR count). The second-order valence-corrected chi connectivity index (χ2v) is 6.44. The number of hydrogen-bond acceptors (Lipinski definition) is 6. The quantitative estimate of drug-likeness (QED) is 0.748. The van der Waals surface area contributed by atoms with Crippen LogP contribution in [0.25, 0.3) is 0 Å². The van der Waals surface area contributed by atoms with E-state index in [0.717, 1.165) is 24.3 Å². The number of esters is 1. The average Bonchev–Trinajstić information content (AvgIpc) is 3.16. The number of hydrogen-bond donors (Lipinski definition) is 2. The number of methoxy groups -OCH3 is 1. The highest BCUT2D eigenvalue weighted by molar-refractivity contribution is 7.15. The van der Waals surface area contributed by atoms with Crippen LogP contribution in [0.4, 0.5) is 5.13 Å². The van der Waals surface area contributed by atoms with E-state index in [9.17, 15) is 9.59 Å². The molecule has 0 aromatic carbocycles. The zero-order valence-corrected chi connectivity index (χ0v) is 15.2. The molecule has 2 aromatic rings. The summed E-state index contributed by atoms with van der Waals surface area (Å²) < 4.78 is 4.80. The molecule has 2 aromatic heterocycles. The third-order valence-corrected chi connectivity index (χ3v) is 4.63. The van der Waals surface area contributed by atoms with Crippen molar-refractivity contribution in [3.8, 4) is 0 Å². The van der Waals surface area contributed by atoms with Gasteiger partial charge in [0.05, 0.1) is 12.7 Å². The Labute approximate surface area is 144 Å². The lowest BCUT2D eigenvalue weighted by Crippen LogP contribution is -2.14. The Hall–Kier alpha value is -2.22. The van der Waals surface area contributed by atoms with Crippen LogP contribution in [0.5, 0.6) is 0 Å². The van der Waals surface area contributed by atoms with E-state index in [0.29, 0.717) is 34.1 Å². The molecular formula is C16H22N4O3S. The molecule has 0 radical (unpaired) electrons. The fourth-order valence-electron chi connectivity index (χ4n) is 2.42. The maximum Gasteiger partial charge on any atom is 0.339 e. The molecule has 1 amide bonds. The van der Waals surface area contributed by atoms with E-state index in [-0.39, 0.29) is 5.91 Å². The second kappa shape index (κ2) is 8.05. The standard InChI is InChI=1S/C16H22N4O3S/c1-5-7-8-11-19-20-16(24-11)18-14(21)13-9(3)12(15(22)23-4)10(6-2)17-13/h17H,5-8H2,1-4H3,(H,18,20,21). The monoisotopic (exact) mass is 350 g/mol. The smallest absolute Gasteiger partial charge is 0.339 e. The van der Waals surface area contributed by atoms with Crippen molar-refractivity contribution in [3.63, 3.8) is 0 Å². The number of aromatic nitrogens is 3. The SMILES string of the molecule is CCCCc1nnc(NC(=O)c2[nH]c(CC)c(C(=O)OC)c2C)s1. The van der Waals surface area contributed by atoms with Gasteiger partial charge in [-0.3, -0.25) is 10.1 Å². The van der Waals surface area contributed by atoms with Crippen molar-refractivity contribution in [1.29, 1.82) is 0 Å². The first-order valence-corrected chi connectivity index (χ1v) is 8.76. The second-order valence-electron chi connectivity index (χ2n) is 5.38. The van der Waals surface area contributed by atoms with E-state index < -0.39 is 5.97 Å². The van der Waals surface area contributed by atoms with Gasteiger partial charge in [0.15, 0.2) is 0 Å². The van der Waals surface area contributed by atoms with Crippen LogP contribution < -0.4 is 5.32 Å². The lowest BCUT2D eigenvalue weighted by atomic mass is 10.1. The molecule has 0 atom stereocenters. The molecule has 0 fully saturated rings. The van der Waals surface area contributed by atoms with Crippen LogP contribution in [0.2, 0.25) is 0 Å².